The highest BCUT2D eigenvalue weighted by Gasteiger charge is 2.52. The van der Waals surface area contributed by atoms with Crippen LogP contribution in [0.15, 0.2) is 60.0 Å². The summed E-state index contributed by atoms with van der Waals surface area (Å²) in [4.78, 5) is 14.9. The number of nitrogens with two attached hydrogens (primary N) is 1. The van der Waals surface area contributed by atoms with E-state index in [-0.39, 0.29) is 12.0 Å². The van der Waals surface area contributed by atoms with Crippen molar-refractivity contribution in [3.63, 3.8) is 0 Å². The minimum atomic E-state index is -4.47. The van der Waals surface area contributed by atoms with Crippen LogP contribution >= 0.6 is 0 Å². The van der Waals surface area contributed by atoms with Crippen LogP contribution in [-0.2, 0) is 11.7 Å². The standard InChI is InChI=1S/C23H21F3N6/c1-14-22(31-21(28)32(14)2,20-7-6-19(13-30-20)23(24,25)26)18-5-3-4-16(9-18)17-8-15(10-27)11-29-12-17/h3-8,11-14,18H,9H2,1-2H3,(H2,28,31). The summed E-state index contributed by atoms with van der Waals surface area (Å²) < 4.78 is 39.3. The molecule has 32 heavy (non-hydrogen) atoms. The zero-order chi connectivity index (χ0) is 23.1. The highest BCUT2D eigenvalue weighted by molar-refractivity contribution is 5.81. The average molecular weight is 438 g/mol. The second kappa shape index (κ2) is 7.79. The predicted octanol–water partition coefficient (Wildman–Crippen LogP) is 3.87. The van der Waals surface area contributed by atoms with Crippen LogP contribution in [0, 0.1) is 17.2 Å². The maximum Gasteiger partial charge on any atom is 0.417 e. The van der Waals surface area contributed by atoms with Crippen molar-refractivity contribution in [3.8, 4) is 6.07 Å². The average Bonchev–Trinajstić information content (AvgIpc) is 3.03. The van der Waals surface area contributed by atoms with Crippen LogP contribution in [0.3, 0.4) is 0 Å². The van der Waals surface area contributed by atoms with E-state index in [4.69, 9.17) is 10.7 Å². The lowest BCUT2D eigenvalue weighted by atomic mass is 9.71. The maximum atomic E-state index is 13.1. The summed E-state index contributed by atoms with van der Waals surface area (Å²) in [6.45, 7) is 1.94. The van der Waals surface area contributed by atoms with E-state index in [1.807, 2.05) is 30.1 Å². The first kappa shape index (κ1) is 21.6. The minimum Gasteiger partial charge on any atom is -0.370 e. The summed E-state index contributed by atoms with van der Waals surface area (Å²) in [6.07, 6.45) is 5.90. The van der Waals surface area contributed by atoms with Gasteiger partial charge in [0.2, 0.25) is 0 Å². The molecule has 0 aromatic carbocycles. The monoisotopic (exact) mass is 438 g/mol. The molecule has 0 saturated heterocycles. The van der Waals surface area contributed by atoms with E-state index in [1.54, 1.807) is 19.3 Å². The van der Waals surface area contributed by atoms with Crippen molar-refractivity contribution in [1.29, 1.82) is 5.26 Å². The fourth-order valence-electron chi connectivity index (χ4n) is 4.38. The number of alkyl halides is 3. The molecule has 0 saturated carbocycles. The molecule has 0 spiro atoms. The smallest absolute Gasteiger partial charge is 0.370 e. The zero-order valence-corrected chi connectivity index (χ0v) is 17.5. The Morgan fingerprint density at radius 2 is 2.03 bits per heavy atom. The van der Waals surface area contributed by atoms with E-state index < -0.39 is 17.3 Å². The summed E-state index contributed by atoms with van der Waals surface area (Å²) in [6, 6.07) is 6.03. The number of aromatic nitrogens is 2. The molecular formula is C23H21F3N6. The van der Waals surface area contributed by atoms with E-state index >= 15 is 0 Å². The van der Waals surface area contributed by atoms with Gasteiger partial charge >= 0.3 is 6.18 Å². The largest absolute Gasteiger partial charge is 0.417 e. The third kappa shape index (κ3) is 3.51. The zero-order valence-electron chi connectivity index (χ0n) is 17.5. The van der Waals surface area contributed by atoms with Crippen LogP contribution in [0.2, 0.25) is 0 Å². The van der Waals surface area contributed by atoms with Gasteiger partial charge in [0.1, 0.15) is 11.6 Å². The van der Waals surface area contributed by atoms with E-state index in [2.05, 4.69) is 16.0 Å². The fourth-order valence-corrected chi connectivity index (χ4v) is 4.38. The summed E-state index contributed by atoms with van der Waals surface area (Å²) in [7, 11) is 1.80. The number of likely N-dealkylation sites (N-methyl/N-ethyl adjacent to an activating group) is 1. The van der Waals surface area contributed by atoms with Gasteiger partial charge in [-0.3, -0.25) is 9.97 Å². The van der Waals surface area contributed by atoms with Crippen molar-refractivity contribution >= 4 is 11.5 Å². The number of halogens is 3. The van der Waals surface area contributed by atoms with Gasteiger partial charge in [0, 0.05) is 31.6 Å². The lowest BCUT2D eigenvalue weighted by molar-refractivity contribution is -0.137. The Morgan fingerprint density at radius 1 is 1.25 bits per heavy atom. The molecule has 2 aromatic rings. The fraction of sp³-hybridized carbons (Fsp3) is 0.304. The summed E-state index contributed by atoms with van der Waals surface area (Å²) in [5.41, 5.74) is 7.00. The second-order valence-electron chi connectivity index (χ2n) is 7.97. The highest BCUT2D eigenvalue weighted by Crippen LogP contribution is 2.47. The number of guanidine groups is 1. The van der Waals surface area contributed by atoms with Crippen LogP contribution in [0.1, 0.15) is 35.7 Å². The Hall–Kier alpha value is -3.67. The van der Waals surface area contributed by atoms with Gasteiger partial charge in [0.25, 0.3) is 0 Å². The topological polar surface area (TPSA) is 91.2 Å². The van der Waals surface area contributed by atoms with Crippen LogP contribution in [0.25, 0.3) is 5.57 Å². The molecule has 2 aromatic heterocycles. The van der Waals surface area contributed by atoms with E-state index in [9.17, 15) is 18.4 Å². The van der Waals surface area contributed by atoms with Crippen molar-refractivity contribution in [1.82, 2.24) is 14.9 Å². The predicted molar refractivity (Wildman–Crippen MR) is 114 cm³/mol. The second-order valence-corrected chi connectivity index (χ2v) is 7.97. The molecule has 1 aliphatic carbocycles. The van der Waals surface area contributed by atoms with Gasteiger partial charge in [0.15, 0.2) is 5.96 Å². The number of hydrogen-bond donors (Lipinski definition) is 1. The summed E-state index contributed by atoms with van der Waals surface area (Å²) in [5.74, 6) is 0.0767. The van der Waals surface area contributed by atoms with Crippen LogP contribution < -0.4 is 5.73 Å². The molecule has 0 bridgehead atoms. The van der Waals surface area contributed by atoms with Gasteiger partial charge in [-0.2, -0.15) is 18.4 Å². The third-order valence-electron chi connectivity index (χ3n) is 6.26. The number of pyridine rings is 2. The molecule has 0 radical (unpaired) electrons. The number of allylic oxidation sites excluding steroid dienone is 3. The lowest BCUT2D eigenvalue weighted by Gasteiger charge is -2.39. The minimum absolute atomic E-state index is 0.226. The number of nitrogens with zero attached hydrogens (tertiary/aromatic N) is 5. The van der Waals surface area contributed by atoms with Gasteiger partial charge in [-0.05, 0) is 42.7 Å². The van der Waals surface area contributed by atoms with Crippen molar-refractivity contribution in [3.05, 3.63) is 77.4 Å². The van der Waals surface area contributed by atoms with Gasteiger partial charge in [0.05, 0.1) is 22.9 Å². The van der Waals surface area contributed by atoms with Crippen LogP contribution in [-0.4, -0.2) is 33.9 Å². The molecule has 1 aliphatic heterocycles. The molecule has 6 nitrogen and oxygen atoms in total. The first-order valence-electron chi connectivity index (χ1n) is 10.0. The number of rotatable bonds is 3. The van der Waals surface area contributed by atoms with Gasteiger partial charge in [-0.15, -0.1) is 0 Å². The molecule has 2 aliphatic rings. The molecular weight excluding hydrogens is 417 g/mol. The molecule has 0 fully saturated rings. The SMILES string of the molecule is CC1N(C)C(N)=NC1(c1ccc(C(F)(F)F)cn1)C1C=CC=C(c2cncc(C#N)c2)C1. The Balaban J connectivity index is 1.77. The van der Waals surface area contributed by atoms with Crippen molar-refractivity contribution in [2.24, 2.45) is 16.6 Å². The first-order chi connectivity index (χ1) is 15.2. The van der Waals surface area contributed by atoms with Crippen molar-refractivity contribution in [2.45, 2.75) is 31.1 Å². The molecule has 3 heterocycles. The van der Waals surface area contributed by atoms with Crippen molar-refractivity contribution in [2.75, 3.05) is 7.05 Å². The first-order valence-corrected chi connectivity index (χ1v) is 10.0. The Morgan fingerprint density at radius 3 is 2.62 bits per heavy atom. The van der Waals surface area contributed by atoms with Crippen molar-refractivity contribution < 1.29 is 13.2 Å². The number of aliphatic imine (C=N–C) groups is 1. The Labute approximate surface area is 183 Å². The molecule has 4 rings (SSSR count). The number of nitriles is 1. The van der Waals surface area contributed by atoms with Crippen LogP contribution in [0.5, 0.6) is 0 Å². The Bertz CT molecular complexity index is 1160. The van der Waals surface area contributed by atoms with Gasteiger partial charge in [-0.1, -0.05) is 18.2 Å². The Kier molecular flexibility index (Phi) is 5.25. The van der Waals surface area contributed by atoms with Crippen LogP contribution in [0.4, 0.5) is 13.2 Å². The van der Waals surface area contributed by atoms with E-state index in [1.165, 1.54) is 12.3 Å². The number of hydrogen-bond acceptors (Lipinski definition) is 6. The van der Waals surface area contributed by atoms with Gasteiger partial charge < -0.3 is 10.6 Å². The van der Waals surface area contributed by atoms with E-state index in [0.29, 0.717) is 23.6 Å². The maximum absolute atomic E-state index is 13.1. The highest BCUT2D eigenvalue weighted by atomic mass is 19.4. The summed E-state index contributed by atoms with van der Waals surface area (Å²) in [5, 5.41) is 9.20. The molecule has 3 unspecified atom stereocenters. The van der Waals surface area contributed by atoms with E-state index in [0.717, 1.165) is 23.4 Å². The molecule has 3 atom stereocenters. The molecule has 0 amide bonds. The molecule has 164 valence electrons. The third-order valence-corrected chi connectivity index (χ3v) is 6.26. The normalized spacial score (nSPS) is 25.3. The molecule has 2 N–H and O–H groups in total. The van der Waals surface area contributed by atoms with Gasteiger partial charge in [-0.25, -0.2) is 4.99 Å². The quantitative estimate of drug-likeness (QED) is 0.786. The molecule has 9 heteroatoms. The summed E-state index contributed by atoms with van der Waals surface area (Å²) >= 11 is 0. The lowest BCUT2D eigenvalue weighted by Crippen LogP contribution is -2.47.